The molecule has 10 heteroatoms. The maximum atomic E-state index is 13.4. The van der Waals surface area contributed by atoms with E-state index in [1.54, 1.807) is 30.3 Å². The van der Waals surface area contributed by atoms with Gasteiger partial charge < -0.3 is 9.64 Å². The summed E-state index contributed by atoms with van der Waals surface area (Å²) < 4.78 is 42.8. The standard InChI is InChI=1S/C21H15ClFNO5S2/c22-19-16-7-6-13(23)10-17(16)30-20(19)21(26)29-11-18(25)24(14-4-2-1-3-5-14)15-8-9-31(27,28)12-15/h1-10,15H,11-12H2. The average Bonchev–Trinajstić information content (AvgIpc) is 3.26. The van der Waals surface area contributed by atoms with Crippen molar-refractivity contribution in [3.8, 4) is 0 Å². The molecule has 0 saturated heterocycles. The van der Waals surface area contributed by atoms with E-state index in [1.165, 1.54) is 29.2 Å². The van der Waals surface area contributed by atoms with Gasteiger partial charge >= 0.3 is 5.97 Å². The van der Waals surface area contributed by atoms with E-state index in [1.807, 2.05) is 0 Å². The second-order valence-electron chi connectivity index (χ2n) is 6.79. The van der Waals surface area contributed by atoms with Crippen molar-refractivity contribution in [2.45, 2.75) is 6.04 Å². The zero-order chi connectivity index (χ0) is 22.2. The van der Waals surface area contributed by atoms with Gasteiger partial charge in [0.25, 0.3) is 5.91 Å². The molecule has 1 atom stereocenters. The first-order chi connectivity index (χ1) is 14.7. The van der Waals surface area contributed by atoms with Gasteiger partial charge in [-0.2, -0.15) is 0 Å². The number of carbonyl (C=O) groups excluding carboxylic acids is 2. The lowest BCUT2D eigenvalue weighted by atomic mass is 10.2. The number of hydrogen-bond acceptors (Lipinski definition) is 6. The Morgan fingerprint density at radius 1 is 1.19 bits per heavy atom. The highest BCUT2D eigenvalue weighted by Crippen LogP contribution is 2.36. The van der Waals surface area contributed by atoms with Crippen LogP contribution in [0.15, 0.2) is 60.0 Å². The number of carbonyl (C=O) groups is 2. The van der Waals surface area contributed by atoms with Crippen molar-refractivity contribution in [2.24, 2.45) is 0 Å². The van der Waals surface area contributed by atoms with Crippen molar-refractivity contribution < 1.29 is 27.1 Å². The topological polar surface area (TPSA) is 80.8 Å². The summed E-state index contributed by atoms with van der Waals surface area (Å²) in [5.41, 5.74) is 0.477. The Morgan fingerprint density at radius 2 is 1.94 bits per heavy atom. The van der Waals surface area contributed by atoms with Gasteiger partial charge in [0.1, 0.15) is 10.7 Å². The molecule has 0 fully saturated rings. The highest BCUT2D eigenvalue weighted by Gasteiger charge is 2.32. The minimum atomic E-state index is -3.41. The number of amides is 1. The molecular formula is C21H15ClFNO5S2. The van der Waals surface area contributed by atoms with E-state index in [4.69, 9.17) is 16.3 Å². The maximum absolute atomic E-state index is 13.4. The molecule has 0 aliphatic carbocycles. The smallest absolute Gasteiger partial charge is 0.350 e. The normalized spacial score (nSPS) is 17.0. The quantitative estimate of drug-likeness (QED) is 0.512. The molecule has 31 heavy (non-hydrogen) atoms. The third-order valence-corrected chi connectivity index (χ3v) is 7.66. The van der Waals surface area contributed by atoms with Gasteiger partial charge in [-0.3, -0.25) is 4.79 Å². The highest BCUT2D eigenvalue weighted by atomic mass is 35.5. The minimum Gasteiger partial charge on any atom is -0.451 e. The summed E-state index contributed by atoms with van der Waals surface area (Å²) in [6.07, 6.45) is 1.43. The molecule has 1 unspecified atom stereocenters. The van der Waals surface area contributed by atoms with E-state index in [0.29, 0.717) is 15.8 Å². The Balaban J connectivity index is 1.54. The molecule has 160 valence electrons. The number of anilines is 1. The van der Waals surface area contributed by atoms with E-state index >= 15 is 0 Å². The van der Waals surface area contributed by atoms with Crippen LogP contribution in [0.1, 0.15) is 9.67 Å². The summed E-state index contributed by atoms with van der Waals surface area (Å²) in [5.74, 6) is -2.12. The molecule has 6 nitrogen and oxygen atoms in total. The second kappa shape index (κ2) is 8.41. The molecule has 1 aliphatic heterocycles. The molecule has 1 aromatic heterocycles. The van der Waals surface area contributed by atoms with Crippen LogP contribution in [0.2, 0.25) is 5.02 Å². The van der Waals surface area contributed by atoms with Crippen molar-refractivity contribution in [1.82, 2.24) is 0 Å². The maximum Gasteiger partial charge on any atom is 0.350 e. The van der Waals surface area contributed by atoms with E-state index in [2.05, 4.69) is 0 Å². The molecule has 2 heterocycles. The molecule has 0 saturated carbocycles. The molecule has 0 radical (unpaired) electrons. The van der Waals surface area contributed by atoms with Crippen LogP contribution in [0.5, 0.6) is 0 Å². The van der Waals surface area contributed by atoms with Gasteiger partial charge in [0.2, 0.25) is 0 Å². The third kappa shape index (κ3) is 4.48. The number of benzene rings is 2. The van der Waals surface area contributed by atoms with Crippen LogP contribution in [-0.4, -0.2) is 38.7 Å². The van der Waals surface area contributed by atoms with Gasteiger partial charge in [0.05, 0.1) is 16.8 Å². The molecule has 1 aliphatic rings. The number of thiophene rings is 1. The van der Waals surface area contributed by atoms with Crippen molar-refractivity contribution in [1.29, 1.82) is 0 Å². The Bertz CT molecular complexity index is 1300. The summed E-state index contributed by atoms with van der Waals surface area (Å²) in [4.78, 5) is 26.8. The van der Waals surface area contributed by atoms with Crippen LogP contribution in [0.4, 0.5) is 10.1 Å². The van der Waals surface area contributed by atoms with Gasteiger partial charge in [0.15, 0.2) is 16.4 Å². The fourth-order valence-corrected chi connectivity index (χ4v) is 5.96. The number of nitrogens with zero attached hydrogens (tertiary/aromatic N) is 1. The van der Waals surface area contributed by atoms with E-state index in [-0.39, 0.29) is 15.7 Å². The number of ether oxygens (including phenoxy) is 1. The van der Waals surface area contributed by atoms with Crippen molar-refractivity contribution in [3.63, 3.8) is 0 Å². The molecule has 0 spiro atoms. The van der Waals surface area contributed by atoms with Gasteiger partial charge in [-0.05, 0) is 36.4 Å². The van der Waals surface area contributed by atoms with E-state index in [0.717, 1.165) is 16.7 Å². The molecule has 3 aromatic rings. The molecule has 0 N–H and O–H groups in total. The monoisotopic (exact) mass is 479 g/mol. The van der Waals surface area contributed by atoms with Crippen LogP contribution >= 0.6 is 22.9 Å². The molecular weight excluding hydrogens is 465 g/mol. The zero-order valence-electron chi connectivity index (χ0n) is 15.8. The number of esters is 1. The summed E-state index contributed by atoms with van der Waals surface area (Å²) in [6.45, 7) is -0.614. The molecule has 4 rings (SSSR count). The Kier molecular flexibility index (Phi) is 5.83. The molecule has 1 amide bonds. The van der Waals surface area contributed by atoms with Crippen molar-refractivity contribution >= 4 is 60.4 Å². The third-order valence-electron chi connectivity index (χ3n) is 4.65. The first-order valence-corrected chi connectivity index (χ1v) is 12.0. The SMILES string of the molecule is O=C(OCC(=O)N(c1ccccc1)C1C=CS(=O)(=O)C1)c1sc2cc(F)ccc2c1Cl. The first-order valence-electron chi connectivity index (χ1n) is 9.08. The summed E-state index contributed by atoms with van der Waals surface area (Å²) in [6, 6.07) is 11.8. The van der Waals surface area contributed by atoms with Gasteiger partial charge in [0, 0.05) is 21.2 Å². The molecule has 2 aromatic carbocycles. The number of fused-ring (bicyclic) bond motifs is 1. The average molecular weight is 480 g/mol. The fraction of sp³-hybridized carbons (Fsp3) is 0.143. The molecule has 0 bridgehead atoms. The predicted molar refractivity (Wildman–Crippen MR) is 118 cm³/mol. The van der Waals surface area contributed by atoms with Crippen molar-refractivity contribution in [2.75, 3.05) is 17.3 Å². The van der Waals surface area contributed by atoms with Crippen LogP contribution in [-0.2, 0) is 19.4 Å². The zero-order valence-corrected chi connectivity index (χ0v) is 18.2. The van der Waals surface area contributed by atoms with Gasteiger partial charge in [-0.25, -0.2) is 17.6 Å². The van der Waals surface area contributed by atoms with Crippen molar-refractivity contribution in [3.05, 3.63) is 75.7 Å². The van der Waals surface area contributed by atoms with Crippen LogP contribution < -0.4 is 4.90 Å². The largest absolute Gasteiger partial charge is 0.451 e. The number of sulfone groups is 1. The lowest BCUT2D eigenvalue weighted by molar-refractivity contribution is -0.121. The number of rotatable bonds is 5. The van der Waals surface area contributed by atoms with Crippen LogP contribution in [0.25, 0.3) is 10.1 Å². The Morgan fingerprint density at radius 3 is 2.61 bits per heavy atom. The summed E-state index contributed by atoms with van der Waals surface area (Å²) >= 11 is 7.19. The lowest BCUT2D eigenvalue weighted by Gasteiger charge is -2.27. The fourth-order valence-electron chi connectivity index (χ4n) is 3.26. The number of halogens is 2. The highest BCUT2D eigenvalue weighted by molar-refractivity contribution is 7.94. The number of para-hydroxylation sites is 1. The Labute approximate surface area is 186 Å². The lowest BCUT2D eigenvalue weighted by Crippen LogP contribution is -2.43. The van der Waals surface area contributed by atoms with E-state index in [9.17, 15) is 22.4 Å². The summed E-state index contributed by atoms with van der Waals surface area (Å²) in [7, 11) is -3.41. The minimum absolute atomic E-state index is 0.0599. The predicted octanol–water partition coefficient (Wildman–Crippen LogP) is 4.19. The second-order valence-corrected chi connectivity index (χ2v) is 10.1. The first kappa shape index (κ1) is 21.5. The van der Waals surface area contributed by atoms with Gasteiger partial charge in [-0.1, -0.05) is 29.8 Å². The van der Waals surface area contributed by atoms with Gasteiger partial charge in [-0.15, -0.1) is 11.3 Å². The van der Waals surface area contributed by atoms with Crippen LogP contribution in [0, 0.1) is 5.82 Å². The Hall–Kier alpha value is -2.75. The summed E-state index contributed by atoms with van der Waals surface area (Å²) in [5, 5.41) is 1.71. The van der Waals surface area contributed by atoms with E-state index < -0.39 is 40.2 Å². The number of hydrogen-bond donors (Lipinski definition) is 0. The van der Waals surface area contributed by atoms with Crippen LogP contribution in [0.3, 0.4) is 0 Å².